The standard InChI is InChI=1S/C19H16F2N2O5S/c1-28-17(24)12-8-11(9-13-16(12)22-18(25)19(13)5-2-6-19)23-29(26,27)15-4-3-10(20)7-14(15)21/h3-4,7-9,23H,2,5-6H2,1H3,(H,22,25). The number of amides is 1. The zero-order valence-electron chi connectivity index (χ0n) is 15.2. The zero-order chi connectivity index (χ0) is 21.0. The van der Waals surface area contributed by atoms with Crippen LogP contribution < -0.4 is 10.0 Å². The molecule has 1 aliphatic heterocycles. The highest BCUT2D eigenvalue weighted by molar-refractivity contribution is 7.92. The van der Waals surface area contributed by atoms with Gasteiger partial charge in [-0.25, -0.2) is 22.0 Å². The highest BCUT2D eigenvalue weighted by atomic mass is 32.2. The number of carbonyl (C=O) groups is 2. The second kappa shape index (κ2) is 6.51. The first-order chi connectivity index (χ1) is 13.7. The highest BCUT2D eigenvalue weighted by Gasteiger charge is 2.52. The molecule has 1 amide bonds. The average Bonchev–Trinajstić information content (AvgIpc) is 2.91. The van der Waals surface area contributed by atoms with Crippen LogP contribution in [0.4, 0.5) is 20.2 Å². The summed E-state index contributed by atoms with van der Waals surface area (Å²) < 4.78 is 59.3. The zero-order valence-corrected chi connectivity index (χ0v) is 16.0. The van der Waals surface area contributed by atoms with Crippen LogP contribution in [0.5, 0.6) is 0 Å². The van der Waals surface area contributed by atoms with Gasteiger partial charge in [-0.1, -0.05) is 6.42 Å². The maximum absolute atomic E-state index is 14.0. The lowest BCUT2D eigenvalue weighted by molar-refractivity contribution is -0.123. The van der Waals surface area contributed by atoms with Gasteiger partial charge in [0.15, 0.2) is 0 Å². The number of nitrogens with one attached hydrogen (secondary N) is 2. The molecule has 1 heterocycles. The number of halogens is 2. The second-order valence-corrected chi connectivity index (χ2v) is 8.66. The van der Waals surface area contributed by atoms with E-state index in [-0.39, 0.29) is 22.8 Å². The van der Waals surface area contributed by atoms with Gasteiger partial charge in [-0.3, -0.25) is 9.52 Å². The second-order valence-electron chi connectivity index (χ2n) is 7.01. The van der Waals surface area contributed by atoms with E-state index in [9.17, 15) is 26.8 Å². The molecular formula is C19H16F2N2O5S. The van der Waals surface area contributed by atoms with Crippen LogP contribution in [0, 0.1) is 11.6 Å². The van der Waals surface area contributed by atoms with Gasteiger partial charge in [0.05, 0.1) is 29.5 Å². The molecule has 152 valence electrons. The van der Waals surface area contributed by atoms with E-state index in [1.54, 1.807) is 0 Å². The molecule has 2 N–H and O–H groups in total. The van der Waals surface area contributed by atoms with Crippen LogP contribution in [0.1, 0.15) is 35.2 Å². The molecule has 1 fully saturated rings. The Kier molecular flexibility index (Phi) is 4.34. The minimum Gasteiger partial charge on any atom is -0.465 e. The molecule has 2 aliphatic rings. The molecule has 0 saturated heterocycles. The Bertz CT molecular complexity index is 1160. The summed E-state index contributed by atoms with van der Waals surface area (Å²) in [5.41, 5.74) is -0.0813. The van der Waals surface area contributed by atoms with Crippen LogP contribution in [-0.2, 0) is 25.0 Å². The van der Waals surface area contributed by atoms with Crippen molar-refractivity contribution >= 4 is 33.3 Å². The van der Waals surface area contributed by atoms with E-state index in [0.29, 0.717) is 24.5 Å². The Balaban J connectivity index is 1.81. The summed E-state index contributed by atoms with van der Waals surface area (Å²) in [4.78, 5) is 24.0. The topological polar surface area (TPSA) is 102 Å². The minimum absolute atomic E-state index is 0.0144. The summed E-state index contributed by atoms with van der Waals surface area (Å²) in [6.07, 6.45) is 1.95. The average molecular weight is 422 g/mol. The molecule has 1 spiro atoms. The quantitative estimate of drug-likeness (QED) is 0.738. The predicted molar refractivity (Wildman–Crippen MR) is 99.1 cm³/mol. The van der Waals surface area contributed by atoms with Gasteiger partial charge in [0.1, 0.15) is 16.5 Å². The Hall–Kier alpha value is -3.01. The largest absolute Gasteiger partial charge is 0.465 e. The Labute approximate surface area is 165 Å². The van der Waals surface area contributed by atoms with Crippen molar-refractivity contribution in [1.82, 2.24) is 0 Å². The lowest BCUT2D eigenvalue weighted by Crippen LogP contribution is -2.40. The van der Waals surface area contributed by atoms with E-state index in [4.69, 9.17) is 4.74 Å². The number of anilines is 2. The molecule has 0 unspecified atom stereocenters. The summed E-state index contributed by atoms with van der Waals surface area (Å²) >= 11 is 0. The van der Waals surface area contributed by atoms with Crippen molar-refractivity contribution in [3.05, 3.63) is 53.1 Å². The fourth-order valence-corrected chi connectivity index (χ4v) is 4.87. The molecule has 0 atom stereocenters. The molecule has 7 nitrogen and oxygen atoms in total. The van der Waals surface area contributed by atoms with Crippen LogP contribution in [0.15, 0.2) is 35.2 Å². The normalized spacial score (nSPS) is 16.7. The van der Waals surface area contributed by atoms with E-state index < -0.39 is 37.9 Å². The summed E-state index contributed by atoms with van der Waals surface area (Å²) in [6, 6.07) is 4.76. The van der Waals surface area contributed by atoms with E-state index in [1.165, 1.54) is 12.1 Å². The van der Waals surface area contributed by atoms with Crippen molar-refractivity contribution in [3.8, 4) is 0 Å². The van der Waals surface area contributed by atoms with Crippen molar-refractivity contribution in [1.29, 1.82) is 0 Å². The fraction of sp³-hybridized carbons (Fsp3) is 0.263. The third-order valence-corrected chi connectivity index (χ3v) is 6.79. The number of rotatable bonds is 4. The van der Waals surface area contributed by atoms with Crippen LogP contribution in [0.25, 0.3) is 0 Å². The molecule has 1 saturated carbocycles. The molecule has 0 aromatic heterocycles. The van der Waals surface area contributed by atoms with E-state index >= 15 is 0 Å². The van der Waals surface area contributed by atoms with Gasteiger partial charge in [-0.2, -0.15) is 0 Å². The number of carbonyl (C=O) groups excluding carboxylic acids is 2. The first kappa shape index (κ1) is 19.3. The minimum atomic E-state index is -4.42. The number of ether oxygens (including phenoxy) is 1. The van der Waals surface area contributed by atoms with Gasteiger partial charge in [-0.15, -0.1) is 0 Å². The summed E-state index contributed by atoms with van der Waals surface area (Å²) in [5, 5.41) is 2.69. The van der Waals surface area contributed by atoms with Crippen molar-refractivity contribution in [2.75, 3.05) is 17.1 Å². The maximum atomic E-state index is 14.0. The number of methoxy groups -OCH3 is 1. The Morgan fingerprint density at radius 3 is 2.52 bits per heavy atom. The summed E-state index contributed by atoms with van der Waals surface area (Å²) in [6.45, 7) is 0. The number of sulfonamides is 1. The Morgan fingerprint density at radius 1 is 1.21 bits per heavy atom. The van der Waals surface area contributed by atoms with Crippen molar-refractivity contribution in [2.45, 2.75) is 29.6 Å². The van der Waals surface area contributed by atoms with Crippen molar-refractivity contribution in [2.24, 2.45) is 0 Å². The summed E-state index contributed by atoms with van der Waals surface area (Å²) in [7, 11) is -3.25. The molecule has 2 aromatic carbocycles. The molecule has 0 bridgehead atoms. The van der Waals surface area contributed by atoms with Crippen LogP contribution in [-0.4, -0.2) is 27.4 Å². The monoisotopic (exact) mass is 422 g/mol. The van der Waals surface area contributed by atoms with Gasteiger partial charge in [0, 0.05) is 6.07 Å². The molecule has 1 aliphatic carbocycles. The predicted octanol–water partition coefficient (Wildman–Crippen LogP) is 2.93. The number of fused-ring (bicyclic) bond motifs is 2. The van der Waals surface area contributed by atoms with Gasteiger partial charge in [0.2, 0.25) is 5.91 Å². The lowest BCUT2D eigenvalue weighted by Gasteiger charge is -2.36. The smallest absolute Gasteiger partial charge is 0.340 e. The number of hydrogen-bond donors (Lipinski definition) is 2. The number of esters is 1. The summed E-state index contributed by atoms with van der Waals surface area (Å²) in [5.74, 6) is -3.18. The maximum Gasteiger partial charge on any atom is 0.340 e. The molecule has 29 heavy (non-hydrogen) atoms. The molecule has 10 heteroatoms. The molecule has 0 radical (unpaired) electrons. The van der Waals surface area contributed by atoms with Crippen molar-refractivity contribution < 1.29 is 31.5 Å². The van der Waals surface area contributed by atoms with Gasteiger partial charge < -0.3 is 10.1 Å². The molecular weight excluding hydrogens is 406 g/mol. The van der Waals surface area contributed by atoms with E-state index in [2.05, 4.69) is 10.0 Å². The highest BCUT2D eigenvalue weighted by Crippen LogP contribution is 2.52. The van der Waals surface area contributed by atoms with Crippen molar-refractivity contribution in [3.63, 3.8) is 0 Å². The molecule has 4 rings (SSSR count). The van der Waals surface area contributed by atoms with Crippen LogP contribution >= 0.6 is 0 Å². The van der Waals surface area contributed by atoms with Crippen LogP contribution in [0.2, 0.25) is 0 Å². The lowest BCUT2D eigenvalue weighted by atomic mass is 9.65. The van der Waals surface area contributed by atoms with Gasteiger partial charge in [0.25, 0.3) is 10.0 Å². The van der Waals surface area contributed by atoms with Crippen LogP contribution in [0.3, 0.4) is 0 Å². The van der Waals surface area contributed by atoms with Gasteiger partial charge in [-0.05, 0) is 42.7 Å². The van der Waals surface area contributed by atoms with E-state index in [1.807, 2.05) is 0 Å². The third-order valence-electron chi connectivity index (χ3n) is 5.38. The third kappa shape index (κ3) is 2.94. The fourth-order valence-electron chi connectivity index (χ4n) is 3.77. The number of hydrogen-bond acceptors (Lipinski definition) is 5. The first-order valence-corrected chi connectivity index (χ1v) is 10.2. The van der Waals surface area contributed by atoms with E-state index in [0.717, 1.165) is 25.7 Å². The first-order valence-electron chi connectivity index (χ1n) is 8.74. The van der Waals surface area contributed by atoms with Gasteiger partial charge >= 0.3 is 5.97 Å². The Morgan fingerprint density at radius 2 is 1.93 bits per heavy atom. The number of benzene rings is 2. The SMILES string of the molecule is COC(=O)c1cc(NS(=O)(=O)c2ccc(F)cc2F)cc2c1NC(=O)C21CCC1. The molecule has 2 aromatic rings.